The van der Waals surface area contributed by atoms with Crippen molar-refractivity contribution in [2.75, 3.05) is 26.4 Å². The molecule has 0 spiro atoms. The van der Waals surface area contributed by atoms with E-state index in [4.69, 9.17) is 33.2 Å². The number of allylic oxidation sites excluding steroid dienone is 1. The smallest absolute Gasteiger partial charge is 0.338 e. The first-order chi connectivity index (χ1) is 33.0. The minimum absolute atomic E-state index is 0.0912. The van der Waals surface area contributed by atoms with E-state index in [0.717, 1.165) is 64.2 Å². The van der Waals surface area contributed by atoms with Crippen molar-refractivity contribution in [2.24, 2.45) is 0 Å². The predicted molar refractivity (Wildman–Crippen MR) is 250 cm³/mol. The molecule has 3 aromatic carbocycles. The van der Waals surface area contributed by atoms with Gasteiger partial charge >= 0.3 is 29.8 Å². The van der Waals surface area contributed by atoms with E-state index in [1.807, 2.05) is 6.08 Å². The number of hydrogen-bond donors (Lipinski definition) is 3. The first-order valence-corrected chi connectivity index (χ1v) is 23.6. The number of nitrogens with one attached hydrogen (secondary N) is 1. The molecule has 0 unspecified atom stereocenters. The van der Waals surface area contributed by atoms with E-state index in [-0.39, 0.29) is 29.0 Å². The third-order valence-corrected chi connectivity index (χ3v) is 11.0. The highest BCUT2D eigenvalue weighted by Gasteiger charge is 2.52. The molecule has 1 amide bonds. The van der Waals surface area contributed by atoms with Crippen LogP contribution in [0.2, 0.25) is 0 Å². The number of esters is 3. The van der Waals surface area contributed by atoms with Crippen molar-refractivity contribution in [1.82, 2.24) is 5.32 Å². The number of ether oxygens (including phenoxy) is 7. The SMILES string of the molecule is CCCCCC/C=C/[C@@H](OC(=O)c1ccccc1)[C@H](CO[C@@H]1O[C@H](COCC(=O)O)[C@H](OCC(=O)O)[C@H](OC(=O)c2ccccc2)[C@H]1OC(=O)c1ccccc1)NC(=O)CCCCCCCCC. The Morgan fingerprint density at radius 3 is 1.69 bits per heavy atom. The Morgan fingerprint density at radius 1 is 0.618 bits per heavy atom. The molecule has 3 N–H and O–H groups in total. The number of carboxylic acid groups (broad SMARTS) is 2. The van der Waals surface area contributed by atoms with Gasteiger partial charge in [-0.15, -0.1) is 0 Å². The van der Waals surface area contributed by atoms with E-state index in [2.05, 4.69) is 19.2 Å². The van der Waals surface area contributed by atoms with Crippen LogP contribution in [0.3, 0.4) is 0 Å². The maximum absolute atomic E-state index is 13.9. The van der Waals surface area contributed by atoms with Crippen LogP contribution in [-0.4, -0.2) is 115 Å². The number of carboxylic acids is 2. The molecule has 1 saturated heterocycles. The third-order valence-electron chi connectivity index (χ3n) is 11.0. The molecule has 0 aliphatic carbocycles. The molecule has 1 heterocycles. The standard InChI is InChI=1S/C52H67NO15/c1-3-5-7-9-11-13-24-32-43(54)53-40(41(31-23-12-10-8-6-4-2)65-49(59)37-25-17-14-18-26-37)33-64-52-48(68-51(61)39-29-21-16-22-30-39)47(67-50(60)38-27-19-15-20-28-38)46(63-36-45(57)58)42(66-52)34-62-35-44(55)56/h14-23,25-31,40-42,46-48,52H,3-13,24,32-36H2,1-2H3,(H,53,54)(H,55,56)(H,57,58)/b31-23+/t40-,41+,42+,46-,47-,48+,52+/m0/s1. The monoisotopic (exact) mass is 945 g/mol. The lowest BCUT2D eigenvalue weighted by Crippen LogP contribution is -2.63. The molecule has 1 aliphatic rings. The fourth-order valence-electron chi connectivity index (χ4n) is 7.45. The highest BCUT2D eigenvalue weighted by Crippen LogP contribution is 2.31. The maximum atomic E-state index is 13.9. The first kappa shape index (κ1) is 54.7. The van der Waals surface area contributed by atoms with Crippen LogP contribution in [0.25, 0.3) is 0 Å². The Morgan fingerprint density at radius 2 is 1.13 bits per heavy atom. The van der Waals surface area contributed by atoms with Crippen molar-refractivity contribution in [3.63, 3.8) is 0 Å². The van der Waals surface area contributed by atoms with Gasteiger partial charge in [-0.1, -0.05) is 132 Å². The third kappa shape index (κ3) is 19.7. The number of carbonyl (C=O) groups is 6. The number of unbranched alkanes of at least 4 members (excludes halogenated alkanes) is 10. The average Bonchev–Trinajstić information content (AvgIpc) is 3.34. The summed E-state index contributed by atoms with van der Waals surface area (Å²) in [5, 5.41) is 22.1. The van der Waals surface area contributed by atoms with Crippen LogP contribution in [0.1, 0.15) is 128 Å². The predicted octanol–water partition coefficient (Wildman–Crippen LogP) is 8.13. The van der Waals surface area contributed by atoms with Crippen molar-refractivity contribution in [3.05, 3.63) is 120 Å². The van der Waals surface area contributed by atoms with Crippen LogP contribution in [-0.2, 0) is 47.5 Å². The number of benzene rings is 3. The summed E-state index contributed by atoms with van der Waals surface area (Å²) in [6.45, 7) is 1.57. The van der Waals surface area contributed by atoms with Crippen molar-refractivity contribution in [1.29, 1.82) is 0 Å². The number of rotatable bonds is 32. The Bertz CT molecular complexity index is 2000. The second-order valence-electron chi connectivity index (χ2n) is 16.5. The Kier molecular flexibility index (Phi) is 25.1. The minimum Gasteiger partial charge on any atom is -0.480 e. The molecular formula is C52H67NO15. The molecule has 370 valence electrons. The van der Waals surface area contributed by atoms with Gasteiger partial charge < -0.3 is 48.7 Å². The van der Waals surface area contributed by atoms with Gasteiger partial charge in [0.1, 0.15) is 31.5 Å². The summed E-state index contributed by atoms with van der Waals surface area (Å²) < 4.78 is 42.3. The molecule has 3 aromatic rings. The molecule has 0 aromatic heterocycles. The number of amides is 1. The summed E-state index contributed by atoms with van der Waals surface area (Å²) in [5.74, 6) is -5.52. The lowest BCUT2D eigenvalue weighted by molar-refractivity contribution is -0.308. The Labute approximate surface area is 398 Å². The molecule has 4 rings (SSSR count). The molecule has 7 atom stereocenters. The molecular weight excluding hydrogens is 879 g/mol. The normalized spacial score (nSPS) is 18.8. The second-order valence-corrected chi connectivity index (χ2v) is 16.5. The zero-order valence-corrected chi connectivity index (χ0v) is 39.1. The van der Waals surface area contributed by atoms with Crippen LogP contribution < -0.4 is 5.32 Å². The summed E-state index contributed by atoms with van der Waals surface area (Å²) >= 11 is 0. The molecule has 1 aliphatic heterocycles. The van der Waals surface area contributed by atoms with Crippen LogP contribution >= 0.6 is 0 Å². The van der Waals surface area contributed by atoms with Crippen LogP contribution in [0.4, 0.5) is 0 Å². The van der Waals surface area contributed by atoms with Crippen molar-refractivity contribution >= 4 is 35.8 Å². The molecule has 16 heteroatoms. The average molecular weight is 946 g/mol. The van der Waals surface area contributed by atoms with Crippen molar-refractivity contribution in [2.45, 2.75) is 140 Å². The van der Waals surface area contributed by atoms with Gasteiger partial charge in [0.25, 0.3) is 0 Å². The van der Waals surface area contributed by atoms with Gasteiger partial charge in [0.15, 0.2) is 18.5 Å². The summed E-state index contributed by atoms with van der Waals surface area (Å²) in [7, 11) is 0. The zero-order valence-electron chi connectivity index (χ0n) is 39.1. The van der Waals surface area contributed by atoms with Crippen LogP contribution in [0.5, 0.6) is 0 Å². The fourth-order valence-corrected chi connectivity index (χ4v) is 7.45. The van der Waals surface area contributed by atoms with Gasteiger partial charge in [0.2, 0.25) is 5.91 Å². The quantitative estimate of drug-likeness (QED) is 0.0233. The maximum Gasteiger partial charge on any atom is 0.338 e. The molecule has 1 fully saturated rings. The molecule has 16 nitrogen and oxygen atoms in total. The van der Waals surface area contributed by atoms with E-state index >= 15 is 0 Å². The minimum atomic E-state index is -1.69. The van der Waals surface area contributed by atoms with Crippen LogP contribution in [0.15, 0.2) is 103 Å². The summed E-state index contributed by atoms with van der Waals surface area (Å²) in [4.78, 5) is 78.7. The van der Waals surface area contributed by atoms with Crippen LogP contribution in [0, 0.1) is 0 Å². The van der Waals surface area contributed by atoms with Gasteiger partial charge in [-0.2, -0.15) is 0 Å². The van der Waals surface area contributed by atoms with E-state index in [1.165, 1.54) is 24.3 Å². The molecule has 0 saturated carbocycles. The highest BCUT2D eigenvalue weighted by molar-refractivity contribution is 5.91. The Hall–Kier alpha value is -5.94. The van der Waals surface area contributed by atoms with E-state index < -0.39 is 99.1 Å². The van der Waals surface area contributed by atoms with Crippen molar-refractivity contribution < 1.29 is 72.1 Å². The summed E-state index contributed by atoms with van der Waals surface area (Å²) in [6.07, 6.45) is 6.21. The molecule has 68 heavy (non-hydrogen) atoms. The number of hydrogen-bond acceptors (Lipinski definition) is 13. The van der Waals surface area contributed by atoms with Crippen molar-refractivity contribution in [3.8, 4) is 0 Å². The topological polar surface area (TPSA) is 220 Å². The van der Waals surface area contributed by atoms with Gasteiger partial charge in [-0.25, -0.2) is 24.0 Å². The van der Waals surface area contributed by atoms with E-state index in [0.29, 0.717) is 12.8 Å². The largest absolute Gasteiger partial charge is 0.480 e. The fraction of sp³-hybridized carbons (Fsp3) is 0.500. The summed E-state index contributed by atoms with van der Waals surface area (Å²) in [5.41, 5.74) is 0.460. The highest BCUT2D eigenvalue weighted by atomic mass is 16.7. The molecule has 0 radical (unpaired) electrons. The lowest BCUT2D eigenvalue weighted by Gasteiger charge is -2.45. The van der Waals surface area contributed by atoms with E-state index in [1.54, 1.807) is 72.8 Å². The Balaban J connectivity index is 1.77. The van der Waals surface area contributed by atoms with Gasteiger partial charge in [0.05, 0.1) is 35.9 Å². The first-order valence-electron chi connectivity index (χ1n) is 23.6. The number of carbonyl (C=O) groups excluding carboxylic acids is 4. The number of aliphatic carboxylic acids is 2. The van der Waals surface area contributed by atoms with Gasteiger partial charge in [-0.3, -0.25) is 4.79 Å². The van der Waals surface area contributed by atoms with E-state index in [9.17, 15) is 39.0 Å². The van der Waals surface area contributed by atoms with Gasteiger partial charge in [0, 0.05) is 6.42 Å². The summed E-state index contributed by atoms with van der Waals surface area (Å²) in [6, 6.07) is 23.0. The lowest BCUT2D eigenvalue weighted by atomic mass is 9.97. The van der Waals surface area contributed by atoms with Gasteiger partial charge in [-0.05, 0) is 61.7 Å². The zero-order chi connectivity index (χ0) is 48.9. The molecule has 0 bridgehead atoms. The second kappa shape index (κ2) is 31.2.